The quantitative estimate of drug-likeness (QED) is 0.831. The number of amides is 1. The van der Waals surface area contributed by atoms with Gasteiger partial charge in [0.2, 0.25) is 5.91 Å². The van der Waals surface area contributed by atoms with Gasteiger partial charge in [0, 0.05) is 19.1 Å². The van der Waals surface area contributed by atoms with Crippen LogP contribution in [-0.2, 0) is 11.2 Å². The van der Waals surface area contributed by atoms with Crippen LogP contribution < -0.4 is 0 Å². The van der Waals surface area contributed by atoms with E-state index in [1.54, 1.807) is 0 Å². The molecule has 0 fully saturated rings. The molecule has 0 saturated carbocycles. The highest BCUT2D eigenvalue weighted by atomic mass is 16.2. The zero-order chi connectivity index (χ0) is 14.0. The molecule has 0 N–H and O–H groups in total. The molecule has 1 aromatic rings. The van der Waals surface area contributed by atoms with Crippen molar-refractivity contribution in [1.29, 1.82) is 0 Å². The van der Waals surface area contributed by atoms with Crippen LogP contribution in [-0.4, -0.2) is 48.9 Å². The first kappa shape index (κ1) is 14.1. The summed E-state index contributed by atoms with van der Waals surface area (Å²) in [5.74, 6) is 0.239. The van der Waals surface area contributed by atoms with Crippen LogP contribution in [0.3, 0.4) is 0 Å². The molecule has 1 heterocycles. The number of hydrogen-bond acceptors (Lipinski definition) is 2. The Morgan fingerprint density at radius 2 is 2.00 bits per heavy atom. The summed E-state index contributed by atoms with van der Waals surface area (Å²) in [6, 6.07) is 8.65. The van der Waals surface area contributed by atoms with E-state index in [0.717, 1.165) is 19.5 Å². The average Bonchev–Trinajstić information content (AvgIpc) is 2.46. The number of rotatable bonds is 3. The lowest BCUT2D eigenvalue weighted by atomic mass is 9.94. The average molecular weight is 260 g/mol. The van der Waals surface area contributed by atoms with E-state index in [4.69, 9.17) is 0 Å². The first-order valence-electron chi connectivity index (χ1n) is 7.07. The van der Waals surface area contributed by atoms with E-state index in [1.165, 1.54) is 11.1 Å². The monoisotopic (exact) mass is 260 g/mol. The lowest BCUT2D eigenvalue weighted by molar-refractivity contribution is -0.134. The Bertz CT molecular complexity index is 456. The Balaban J connectivity index is 2.39. The van der Waals surface area contributed by atoms with Crippen molar-refractivity contribution in [3.05, 3.63) is 35.4 Å². The molecule has 1 amide bonds. The first-order chi connectivity index (χ1) is 9.04. The van der Waals surface area contributed by atoms with Crippen molar-refractivity contribution < 1.29 is 4.79 Å². The highest BCUT2D eigenvalue weighted by molar-refractivity contribution is 5.84. The van der Waals surface area contributed by atoms with Gasteiger partial charge in [-0.05, 0) is 45.5 Å². The topological polar surface area (TPSA) is 23.6 Å². The molecular weight excluding hydrogens is 236 g/mol. The predicted octanol–water partition coefficient (Wildman–Crippen LogP) is 2.12. The molecule has 0 bridgehead atoms. The molecule has 0 saturated heterocycles. The number of nitrogens with zero attached hydrogens (tertiary/aromatic N) is 2. The number of fused-ring (bicyclic) bond motifs is 1. The molecule has 3 heteroatoms. The molecule has 19 heavy (non-hydrogen) atoms. The largest absolute Gasteiger partial charge is 0.338 e. The molecule has 1 aliphatic rings. The fourth-order valence-electron chi connectivity index (χ4n) is 3.07. The van der Waals surface area contributed by atoms with E-state index in [0.29, 0.717) is 0 Å². The molecule has 104 valence electrons. The summed E-state index contributed by atoms with van der Waals surface area (Å²) in [6.45, 7) is 5.81. The second kappa shape index (κ2) is 5.74. The predicted molar refractivity (Wildman–Crippen MR) is 78.3 cm³/mol. The second-order valence-electron chi connectivity index (χ2n) is 5.66. The van der Waals surface area contributed by atoms with Gasteiger partial charge < -0.3 is 9.80 Å². The first-order valence-corrected chi connectivity index (χ1v) is 7.07. The number of carbonyl (C=O) groups is 1. The van der Waals surface area contributed by atoms with Crippen LogP contribution in [0.25, 0.3) is 0 Å². The van der Waals surface area contributed by atoms with Gasteiger partial charge in [-0.1, -0.05) is 24.3 Å². The number of carbonyl (C=O) groups excluding carboxylic acids is 1. The summed E-state index contributed by atoms with van der Waals surface area (Å²) in [6.07, 6.45) is 0.957. The zero-order valence-corrected chi connectivity index (χ0v) is 12.4. The van der Waals surface area contributed by atoms with E-state index in [2.05, 4.69) is 44.1 Å². The standard InChI is InChI=1S/C16H24N2O/c1-5-18-14(11-17(3)4)10-13-8-6-7-9-15(13)12(2)16(18)19/h6-9,12,14H,5,10-11H2,1-4H3. The van der Waals surface area contributed by atoms with Crippen molar-refractivity contribution in [2.45, 2.75) is 32.2 Å². The van der Waals surface area contributed by atoms with Crippen molar-refractivity contribution >= 4 is 5.91 Å². The molecule has 2 atom stereocenters. The summed E-state index contributed by atoms with van der Waals surface area (Å²) >= 11 is 0. The summed E-state index contributed by atoms with van der Waals surface area (Å²) in [4.78, 5) is 16.9. The van der Waals surface area contributed by atoms with Crippen LogP contribution in [0.15, 0.2) is 24.3 Å². The molecule has 3 nitrogen and oxygen atoms in total. The minimum absolute atomic E-state index is 0.0247. The number of likely N-dealkylation sites (N-methyl/N-ethyl adjacent to an activating group) is 2. The van der Waals surface area contributed by atoms with Gasteiger partial charge in [0.05, 0.1) is 5.92 Å². The van der Waals surface area contributed by atoms with Gasteiger partial charge in [0.15, 0.2) is 0 Å². The summed E-state index contributed by atoms with van der Waals surface area (Å²) in [5, 5.41) is 0. The minimum atomic E-state index is -0.0247. The van der Waals surface area contributed by atoms with Gasteiger partial charge in [0.1, 0.15) is 0 Å². The molecule has 0 spiro atoms. The smallest absolute Gasteiger partial charge is 0.230 e. The third-order valence-corrected chi connectivity index (χ3v) is 3.99. The van der Waals surface area contributed by atoms with Crippen molar-refractivity contribution in [1.82, 2.24) is 9.80 Å². The lowest BCUT2D eigenvalue weighted by Gasteiger charge is -2.32. The molecule has 2 rings (SSSR count). The van der Waals surface area contributed by atoms with Gasteiger partial charge in [-0.15, -0.1) is 0 Å². The van der Waals surface area contributed by atoms with Crippen molar-refractivity contribution in [3.63, 3.8) is 0 Å². The van der Waals surface area contributed by atoms with Crippen molar-refractivity contribution in [2.75, 3.05) is 27.2 Å². The van der Waals surface area contributed by atoms with Crippen LogP contribution in [0.5, 0.6) is 0 Å². The SMILES string of the molecule is CCN1C(=O)C(C)c2ccccc2CC1CN(C)C. The number of benzene rings is 1. The van der Waals surface area contributed by atoms with Crippen LogP contribution in [0, 0.1) is 0 Å². The van der Waals surface area contributed by atoms with Gasteiger partial charge in [0.25, 0.3) is 0 Å². The Hall–Kier alpha value is -1.35. The highest BCUT2D eigenvalue weighted by Crippen LogP contribution is 2.28. The van der Waals surface area contributed by atoms with E-state index < -0.39 is 0 Å². The van der Waals surface area contributed by atoms with Gasteiger partial charge in [-0.3, -0.25) is 4.79 Å². The van der Waals surface area contributed by atoms with Crippen molar-refractivity contribution in [2.24, 2.45) is 0 Å². The van der Waals surface area contributed by atoms with E-state index in [-0.39, 0.29) is 17.9 Å². The highest BCUT2D eigenvalue weighted by Gasteiger charge is 2.32. The molecule has 2 unspecified atom stereocenters. The summed E-state index contributed by atoms with van der Waals surface area (Å²) < 4.78 is 0. The van der Waals surface area contributed by atoms with E-state index in [9.17, 15) is 4.79 Å². The number of hydrogen-bond donors (Lipinski definition) is 0. The normalized spacial score (nSPS) is 23.4. The van der Waals surface area contributed by atoms with Crippen LogP contribution in [0.4, 0.5) is 0 Å². The zero-order valence-electron chi connectivity index (χ0n) is 12.4. The van der Waals surface area contributed by atoms with E-state index >= 15 is 0 Å². The summed E-state index contributed by atoms with van der Waals surface area (Å²) in [7, 11) is 4.14. The maximum Gasteiger partial charge on any atom is 0.230 e. The Labute approximate surface area is 116 Å². The molecular formula is C16H24N2O. The maximum absolute atomic E-state index is 12.6. The molecule has 0 aliphatic carbocycles. The molecule has 0 aromatic heterocycles. The Morgan fingerprint density at radius 3 is 2.63 bits per heavy atom. The molecule has 1 aromatic carbocycles. The van der Waals surface area contributed by atoms with Gasteiger partial charge in [-0.2, -0.15) is 0 Å². The third kappa shape index (κ3) is 2.81. The van der Waals surface area contributed by atoms with Gasteiger partial charge in [-0.25, -0.2) is 0 Å². The fraction of sp³-hybridized carbons (Fsp3) is 0.562. The van der Waals surface area contributed by atoms with E-state index in [1.807, 2.05) is 17.9 Å². The lowest BCUT2D eigenvalue weighted by Crippen LogP contribution is -2.46. The Kier molecular flexibility index (Phi) is 4.25. The minimum Gasteiger partial charge on any atom is -0.338 e. The van der Waals surface area contributed by atoms with Crippen LogP contribution in [0.1, 0.15) is 30.9 Å². The van der Waals surface area contributed by atoms with Crippen molar-refractivity contribution in [3.8, 4) is 0 Å². The summed E-state index contributed by atoms with van der Waals surface area (Å²) in [5.41, 5.74) is 2.53. The fourth-order valence-corrected chi connectivity index (χ4v) is 3.07. The van der Waals surface area contributed by atoms with Crippen LogP contribution in [0.2, 0.25) is 0 Å². The maximum atomic E-state index is 12.6. The molecule has 1 aliphatic heterocycles. The molecule has 0 radical (unpaired) electrons. The van der Waals surface area contributed by atoms with Gasteiger partial charge >= 0.3 is 0 Å². The third-order valence-electron chi connectivity index (χ3n) is 3.99. The Morgan fingerprint density at radius 1 is 1.32 bits per heavy atom. The second-order valence-corrected chi connectivity index (χ2v) is 5.66. The van der Waals surface area contributed by atoms with Crippen LogP contribution >= 0.6 is 0 Å².